The predicted octanol–water partition coefficient (Wildman–Crippen LogP) is 1.69. The van der Waals surface area contributed by atoms with Crippen molar-refractivity contribution < 1.29 is 9.67 Å². The standard InChI is InChI=1S/C14H15N3O/c1-16-9-7-12(8-10-16)11-15-17(2)13-3-5-14(18)6-4-13/h3-11H,1-2H3/p+1. The molecule has 0 saturated carbocycles. The maximum absolute atomic E-state index is 9.21. The van der Waals surface area contributed by atoms with E-state index in [1.165, 1.54) is 0 Å². The van der Waals surface area contributed by atoms with Gasteiger partial charge < -0.3 is 5.11 Å². The van der Waals surface area contributed by atoms with Crippen molar-refractivity contribution in [2.75, 3.05) is 12.1 Å². The fourth-order valence-corrected chi connectivity index (χ4v) is 1.49. The van der Waals surface area contributed by atoms with Gasteiger partial charge in [0.05, 0.1) is 11.9 Å². The summed E-state index contributed by atoms with van der Waals surface area (Å²) in [5, 5.41) is 15.3. The number of aromatic nitrogens is 1. The molecule has 1 aromatic heterocycles. The number of hydrogen-bond donors (Lipinski definition) is 1. The molecule has 0 saturated heterocycles. The Morgan fingerprint density at radius 2 is 1.72 bits per heavy atom. The molecule has 2 aromatic rings. The molecule has 92 valence electrons. The average Bonchev–Trinajstić information content (AvgIpc) is 2.38. The lowest BCUT2D eigenvalue weighted by Crippen LogP contribution is -2.25. The van der Waals surface area contributed by atoms with Gasteiger partial charge in [0.15, 0.2) is 12.4 Å². The van der Waals surface area contributed by atoms with Gasteiger partial charge in [-0.05, 0) is 24.3 Å². The molecule has 0 radical (unpaired) electrons. The molecule has 0 unspecified atom stereocenters. The molecule has 0 aliphatic rings. The molecule has 1 N–H and O–H groups in total. The van der Waals surface area contributed by atoms with Crippen molar-refractivity contribution in [2.24, 2.45) is 12.1 Å². The van der Waals surface area contributed by atoms with Crippen LogP contribution in [0.1, 0.15) is 5.56 Å². The van der Waals surface area contributed by atoms with E-state index in [9.17, 15) is 5.11 Å². The van der Waals surface area contributed by atoms with E-state index in [-0.39, 0.29) is 5.75 Å². The summed E-state index contributed by atoms with van der Waals surface area (Å²) in [6.07, 6.45) is 5.75. The first-order valence-electron chi connectivity index (χ1n) is 5.67. The predicted molar refractivity (Wildman–Crippen MR) is 71.7 cm³/mol. The van der Waals surface area contributed by atoms with Crippen molar-refractivity contribution in [3.05, 3.63) is 54.4 Å². The van der Waals surface area contributed by atoms with Gasteiger partial charge >= 0.3 is 0 Å². The molecule has 0 amide bonds. The smallest absolute Gasteiger partial charge is 0.169 e. The van der Waals surface area contributed by atoms with E-state index in [2.05, 4.69) is 5.10 Å². The van der Waals surface area contributed by atoms with Crippen molar-refractivity contribution in [2.45, 2.75) is 0 Å². The van der Waals surface area contributed by atoms with Crippen LogP contribution in [0.4, 0.5) is 5.69 Å². The number of hydrogen-bond acceptors (Lipinski definition) is 3. The fraction of sp³-hybridized carbons (Fsp3) is 0.143. The van der Waals surface area contributed by atoms with Crippen LogP contribution in [-0.4, -0.2) is 18.4 Å². The van der Waals surface area contributed by atoms with Crippen LogP contribution in [0.5, 0.6) is 5.75 Å². The second kappa shape index (κ2) is 5.31. The minimum absolute atomic E-state index is 0.256. The molecule has 4 nitrogen and oxygen atoms in total. The number of hydrazone groups is 1. The van der Waals surface area contributed by atoms with E-state index in [0.717, 1.165) is 11.3 Å². The Bertz CT molecular complexity index is 532. The highest BCUT2D eigenvalue weighted by Gasteiger charge is 1.98. The highest BCUT2D eigenvalue weighted by Crippen LogP contribution is 2.17. The summed E-state index contributed by atoms with van der Waals surface area (Å²) in [4.78, 5) is 0. The van der Waals surface area contributed by atoms with Gasteiger partial charge in [-0.15, -0.1) is 0 Å². The Morgan fingerprint density at radius 3 is 2.33 bits per heavy atom. The zero-order valence-electron chi connectivity index (χ0n) is 10.5. The van der Waals surface area contributed by atoms with Crippen LogP contribution in [0.25, 0.3) is 0 Å². The first-order valence-corrected chi connectivity index (χ1v) is 5.67. The number of aromatic hydroxyl groups is 1. The zero-order valence-corrected chi connectivity index (χ0v) is 10.5. The number of anilines is 1. The molecule has 0 fully saturated rings. The van der Waals surface area contributed by atoms with Gasteiger partial charge in [-0.25, -0.2) is 4.57 Å². The summed E-state index contributed by atoms with van der Waals surface area (Å²) < 4.78 is 1.97. The van der Waals surface area contributed by atoms with Gasteiger partial charge in [0.1, 0.15) is 12.8 Å². The lowest BCUT2D eigenvalue weighted by molar-refractivity contribution is -0.671. The molecular formula is C14H16N3O+. The number of phenolic OH excluding ortho intramolecular Hbond substituents is 1. The summed E-state index contributed by atoms with van der Waals surface area (Å²) in [5.74, 6) is 0.256. The molecule has 0 spiro atoms. The molecule has 2 rings (SSSR count). The number of phenols is 1. The topological polar surface area (TPSA) is 39.7 Å². The molecular weight excluding hydrogens is 226 g/mol. The number of pyridine rings is 1. The number of aryl methyl sites for hydroxylation is 1. The fourth-order valence-electron chi connectivity index (χ4n) is 1.49. The second-order valence-electron chi connectivity index (χ2n) is 4.08. The lowest BCUT2D eigenvalue weighted by Gasteiger charge is -2.12. The highest BCUT2D eigenvalue weighted by atomic mass is 16.3. The van der Waals surface area contributed by atoms with Crippen molar-refractivity contribution in [1.82, 2.24) is 0 Å². The summed E-state index contributed by atoms with van der Waals surface area (Å²) in [6.45, 7) is 0. The maximum Gasteiger partial charge on any atom is 0.169 e. The molecule has 0 aliphatic carbocycles. The van der Waals surface area contributed by atoms with E-state index >= 15 is 0 Å². The Labute approximate surface area is 106 Å². The summed E-state index contributed by atoms with van der Waals surface area (Å²) >= 11 is 0. The van der Waals surface area contributed by atoms with Crippen LogP contribution in [0.15, 0.2) is 53.9 Å². The van der Waals surface area contributed by atoms with Gasteiger partial charge in [0, 0.05) is 24.7 Å². The molecule has 1 heterocycles. The third kappa shape index (κ3) is 3.07. The Balaban J connectivity index is 2.08. The van der Waals surface area contributed by atoms with Crippen molar-refractivity contribution in [3.8, 4) is 5.75 Å². The average molecular weight is 242 g/mol. The van der Waals surface area contributed by atoms with Gasteiger partial charge in [-0.1, -0.05) is 0 Å². The summed E-state index contributed by atoms with van der Waals surface area (Å²) in [6, 6.07) is 10.9. The quantitative estimate of drug-likeness (QED) is 0.505. The monoisotopic (exact) mass is 242 g/mol. The molecule has 4 heteroatoms. The van der Waals surface area contributed by atoms with Gasteiger partial charge in [0.2, 0.25) is 0 Å². The van der Waals surface area contributed by atoms with Crippen LogP contribution in [0, 0.1) is 0 Å². The number of benzene rings is 1. The Kier molecular flexibility index (Phi) is 3.57. The number of rotatable bonds is 3. The zero-order chi connectivity index (χ0) is 13.0. The maximum atomic E-state index is 9.21. The largest absolute Gasteiger partial charge is 0.508 e. The van der Waals surface area contributed by atoms with Crippen LogP contribution in [0.3, 0.4) is 0 Å². The van der Waals surface area contributed by atoms with Gasteiger partial charge in [-0.3, -0.25) is 5.01 Å². The van der Waals surface area contributed by atoms with E-state index in [1.54, 1.807) is 23.4 Å². The van der Waals surface area contributed by atoms with Crippen molar-refractivity contribution in [1.29, 1.82) is 0 Å². The Hall–Kier alpha value is -2.36. The summed E-state index contributed by atoms with van der Waals surface area (Å²) in [7, 11) is 3.84. The van der Waals surface area contributed by atoms with E-state index < -0.39 is 0 Å². The first-order chi connectivity index (χ1) is 8.65. The van der Waals surface area contributed by atoms with E-state index in [4.69, 9.17) is 0 Å². The van der Waals surface area contributed by atoms with Crippen molar-refractivity contribution >= 4 is 11.9 Å². The minimum Gasteiger partial charge on any atom is -0.508 e. The van der Waals surface area contributed by atoms with Crippen molar-refractivity contribution in [3.63, 3.8) is 0 Å². The van der Waals surface area contributed by atoms with Gasteiger partial charge in [0.25, 0.3) is 0 Å². The normalized spacial score (nSPS) is 10.8. The third-order valence-corrected chi connectivity index (χ3v) is 2.61. The van der Waals surface area contributed by atoms with Crippen LogP contribution < -0.4 is 9.58 Å². The van der Waals surface area contributed by atoms with E-state index in [0.29, 0.717) is 0 Å². The first kappa shape index (κ1) is 12.1. The molecule has 1 aromatic carbocycles. The van der Waals surface area contributed by atoms with E-state index in [1.807, 2.05) is 55.3 Å². The molecule has 0 aliphatic heterocycles. The second-order valence-corrected chi connectivity index (χ2v) is 4.08. The molecule has 0 bridgehead atoms. The third-order valence-electron chi connectivity index (χ3n) is 2.61. The van der Waals surface area contributed by atoms with Crippen LogP contribution >= 0.6 is 0 Å². The number of nitrogens with zero attached hydrogens (tertiary/aromatic N) is 3. The van der Waals surface area contributed by atoms with Crippen LogP contribution in [0.2, 0.25) is 0 Å². The Morgan fingerprint density at radius 1 is 1.11 bits per heavy atom. The van der Waals surface area contributed by atoms with Crippen LogP contribution in [-0.2, 0) is 7.05 Å². The highest BCUT2D eigenvalue weighted by molar-refractivity contribution is 5.79. The summed E-state index contributed by atoms with van der Waals surface area (Å²) in [5.41, 5.74) is 1.96. The van der Waals surface area contributed by atoms with Gasteiger partial charge in [-0.2, -0.15) is 5.10 Å². The SMILES string of the molecule is CN(/N=C/c1cc[n+](C)cc1)c1ccc(O)cc1. The lowest BCUT2D eigenvalue weighted by atomic mass is 10.3. The molecule has 0 atom stereocenters. The molecule has 18 heavy (non-hydrogen) atoms. The minimum atomic E-state index is 0.256.